The molecule has 1 aliphatic carbocycles. The van der Waals surface area contributed by atoms with Crippen LogP contribution in [0.3, 0.4) is 0 Å². The number of hydrogen-bond donors (Lipinski definition) is 1. The molecule has 0 aliphatic heterocycles. The van der Waals surface area contributed by atoms with Crippen molar-refractivity contribution in [2.24, 2.45) is 0 Å². The molecule has 1 aliphatic rings. The van der Waals surface area contributed by atoms with Crippen LogP contribution in [0.15, 0.2) is 30.3 Å². The van der Waals surface area contributed by atoms with Crippen molar-refractivity contribution in [3.8, 4) is 0 Å². The fraction of sp³-hybridized carbons (Fsp3) is 0.562. The van der Waals surface area contributed by atoms with Gasteiger partial charge in [0.05, 0.1) is 6.26 Å². The highest BCUT2D eigenvalue weighted by Crippen LogP contribution is 2.18. The maximum Gasteiger partial charge on any atom is 0.221 e. The van der Waals surface area contributed by atoms with Crippen LogP contribution < -0.4 is 5.32 Å². The second-order valence-electron chi connectivity index (χ2n) is 5.84. The van der Waals surface area contributed by atoms with Gasteiger partial charge in [-0.05, 0) is 31.2 Å². The van der Waals surface area contributed by atoms with Crippen molar-refractivity contribution < 1.29 is 13.2 Å². The van der Waals surface area contributed by atoms with Crippen LogP contribution in [-0.2, 0) is 21.2 Å². The van der Waals surface area contributed by atoms with E-state index in [-0.39, 0.29) is 18.9 Å². The Balaban J connectivity index is 1.77. The van der Waals surface area contributed by atoms with Crippen LogP contribution in [0.5, 0.6) is 0 Å². The van der Waals surface area contributed by atoms with Crippen LogP contribution in [0.4, 0.5) is 0 Å². The fourth-order valence-corrected chi connectivity index (χ4v) is 3.19. The minimum absolute atomic E-state index is 0.0563. The van der Waals surface area contributed by atoms with Crippen molar-refractivity contribution in [1.82, 2.24) is 9.62 Å². The molecular weight excluding hydrogens is 300 g/mol. The van der Waals surface area contributed by atoms with Gasteiger partial charge in [-0.1, -0.05) is 30.3 Å². The number of hydrogen-bond acceptors (Lipinski definition) is 3. The monoisotopic (exact) mass is 324 g/mol. The second-order valence-corrected chi connectivity index (χ2v) is 7.83. The van der Waals surface area contributed by atoms with Gasteiger partial charge in [-0.25, -0.2) is 12.7 Å². The highest BCUT2D eigenvalue weighted by Gasteiger charge is 2.24. The molecule has 0 unspecified atom stereocenters. The Morgan fingerprint density at radius 3 is 2.50 bits per heavy atom. The van der Waals surface area contributed by atoms with E-state index >= 15 is 0 Å². The van der Waals surface area contributed by atoms with E-state index in [2.05, 4.69) is 5.32 Å². The van der Waals surface area contributed by atoms with E-state index in [1.807, 2.05) is 30.3 Å². The van der Waals surface area contributed by atoms with E-state index in [4.69, 9.17) is 0 Å². The fourth-order valence-electron chi connectivity index (χ4n) is 2.30. The molecule has 122 valence electrons. The minimum Gasteiger partial charge on any atom is -0.353 e. The number of aryl methyl sites for hydroxylation is 1. The third-order valence-electron chi connectivity index (χ3n) is 3.72. The van der Waals surface area contributed by atoms with Crippen LogP contribution in [0, 0.1) is 0 Å². The van der Waals surface area contributed by atoms with E-state index in [9.17, 15) is 13.2 Å². The SMILES string of the molecule is CS(=O)(=O)N(CCCc1ccccc1)CCC(=O)NC1CC1. The lowest BCUT2D eigenvalue weighted by atomic mass is 10.1. The summed E-state index contributed by atoms with van der Waals surface area (Å²) in [5.41, 5.74) is 1.20. The zero-order valence-electron chi connectivity index (χ0n) is 13.0. The summed E-state index contributed by atoms with van der Waals surface area (Å²) in [6, 6.07) is 10.3. The topological polar surface area (TPSA) is 66.5 Å². The average molecular weight is 324 g/mol. The van der Waals surface area contributed by atoms with Gasteiger partial charge in [0.1, 0.15) is 0 Å². The van der Waals surface area contributed by atoms with E-state index in [1.165, 1.54) is 16.1 Å². The molecule has 1 fully saturated rings. The first kappa shape index (κ1) is 17.0. The summed E-state index contributed by atoms with van der Waals surface area (Å²) in [4.78, 5) is 11.7. The minimum atomic E-state index is -3.27. The molecule has 0 bridgehead atoms. The molecule has 5 nitrogen and oxygen atoms in total. The van der Waals surface area contributed by atoms with E-state index in [1.54, 1.807) is 0 Å². The lowest BCUT2D eigenvalue weighted by Gasteiger charge is -2.19. The molecule has 0 heterocycles. The van der Waals surface area contributed by atoms with E-state index in [0.29, 0.717) is 12.6 Å². The zero-order valence-corrected chi connectivity index (χ0v) is 13.8. The van der Waals surface area contributed by atoms with Gasteiger partial charge in [-0.2, -0.15) is 0 Å². The highest BCUT2D eigenvalue weighted by molar-refractivity contribution is 7.88. The van der Waals surface area contributed by atoms with E-state index < -0.39 is 10.0 Å². The number of carbonyl (C=O) groups excluding carboxylic acids is 1. The summed E-state index contributed by atoms with van der Waals surface area (Å²) in [6.07, 6.45) is 5.10. The van der Waals surface area contributed by atoms with Gasteiger partial charge in [-0.15, -0.1) is 0 Å². The first-order chi connectivity index (χ1) is 10.4. The third kappa shape index (κ3) is 6.15. The van der Waals surface area contributed by atoms with Crippen molar-refractivity contribution in [1.29, 1.82) is 0 Å². The lowest BCUT2D eigenvalue weighted by molar-refractivity contribution is -0.121. The third-order valence-corrected chi connectivity index (χ3v) is 5.02. The molecule has 1 aromatic carbocycles. The van der Waals surface area contributed by atoms with Gasteiger partial charge in [0.15, 0.2) is 0 Å². The number of nitrogens with zero attached hydrogens (tertiary/aromatic N) is 1. The van der Waals surface area contributed by atoms with Crippen LogP contribution in [-0.4, -0.2) is 44.0 Å². The molecule has 2 rings (SSSR count). The second kappa shape index (κ2) is 7.74. The molecule has 0 radical (unpaired) electrons. The predicted molar refractivity (Wildman–Crippen MR) is 87.0 cm³/mol. The molecule has 0 spiro atoms. The molecule has 1 N–H and O–H groups in total. The number of benzene rings is 1. The Bertz CT molecular complexity index is 583. The van der Waals surface area contributed by atoms with Gasteiger partial charge >= 0.3 is 0 Å². The number of rotatable bonds is 9. The van der Waals surface area contributed by atoms with Crippen molar-refractivity contribution in [3.63, 3.8) is 0 Å². The summed E-state index contributed by atoms with van der Waals surface area (Å²) in [5.74, 6) is -0.0563. The molecule has 1 saturated carbocycles. The highest BCUT2D eigenvalue weighted by atomic mass is 32.2. The zero-order chi connectivity index (χ0) is 16.0. The largest absolute Gasteiger partial charge is 0.353 e. The predicted octanol–water partition coefficient (Wildman–Crippen LogP) is 1.55. The first-order valence-corrected chi connectivity index (χ1v) is 9.58. The van der Waals surface area contributed by atoms with Gasteiger partial charge in [-0.3, -0.25) is 4.79 Å². The van der Waals surface area contributed by atoms with Crippen molar-refractivity contribution in [3.05, 3.63) is 35.9 Å². The quantitative estimate of drug-likeness (QED) is 0.749. The number of sulfonamides is 1. The summed E-state index contributed by atoms with van der Waals surface area (Å²) < 4.78 is 25.0. The molecule has 22 heavy (non-hydrogen) atoms. The number of carbonyl (C=O) groups is 1. The van der Waals surface area contributed by atoms with Crippen molar-refractivity contribution in [2.45, 2.75) is 38.1 Å². The maximum atomic E-state index is 11.8. The Hall–Kier alpha value is -1.40. The molecule has 0 aromatic heterocycles. The first-order valence-electron chi connectivity index (χ1n) is 7.73. The van der Waals surface area contributed by atoms with Crippen LogP contribution in [0.25, 0.3) is 0 Å². The molecule has 1 amide bonds. The molecule has 0 saturated heterocycles. The average Bonchev–Trinajstić information content (AvgIpc) is 3.26. The van der Waals surface area contributed by atoms with Gasteiger partial charge < -0.3 is 5.32 Å². The Kier molecular flexibility index (Phi) is 5.97. The van der Waals surface area contributed by atoms with Crippen molar-refractivity contribution in [2.75, 3.05) is 19.3 Å². The maximum absolute atomic E-state index is 11.8. The molecule has 0 atom stereocenters. The Morgan fingerprint density at radius 1 is 1.23 bits per heavy atom. The number of amides is 1. The molecule has 6 heteroatoms. The summed E-state index contributed by atoms with van der Waals surface area (Å²) >= 11 is 0. The summed E-state index contributed by atoms with van der Waals surface area (Å²) in [5, 5.41) is 2.88. The number of nitrogens with one attached hydrogen (secondary N) is 1. The molecule has 1 aromatic rings. The Morgan fingerprint density at radius 2 is 1.91 bits per heavy atom. The van der Waals surface area contributed by atoms with Gasteiger partial charge in [0, 0.05) is 25.6 Å². The van der Waals surface area contributed by atoms with Crippen LogP contribution in [0.1, 0.15) is 31.2 Å². The summed E-state index contributed by atoms with van der Waals surface area (Å²) in [7, 11) is -3.27. The normalized spacial score (nSPS) is 15.0. The van der Waals surface area contributed by atoms with Gasteiger partial charge in [0.25, 0.3) is 0 Å². The Labute approximate surface area is 132 Å². The van der Waals surface area contributed by atoms with Crippen molar-refractivity contribution >= 4 is 15.9 Å². The van der Waals surface area contributed by atoms with Crippen LogP contribution in [0.2, 0.25) is 0 Å². The summed E-state index contributed by atoms with van der Waals surface area (Å²) in [6.45, 7) is 0.705. The van der Waals surface area contributed by atoms with E-state index in [0.717, 1.165) is 25.7 Å². The smallest absolute Gasteiger partial charge is 0.221 e. The lowest BCUT2D eigenvalue weighted by Crippen LogP contribution is -2.36. The van der Waals surface area contributed by atoms with Crippen LogP contribution >= 0.6 is 0 Å². The standard InChI is InChI=1S/C16H24N2O3S/c1-22(20,21)18(13-11-16(19)17-15-9-10-15)12-5-8-14-6-3-2-4-7-14/h2-4,6-7,15H,5,8-13H2,1H3,(H,17,19). The van der Waals surface area contributed by atoms with Gasteiger partial charge in [0.2, 0.25) is 15.9 Å². The molecular formula is C16H24N2O3S.